The maximum absolute atomic E-state index is 12.4. The second-order valence-corrected chi connectivity index (χ2v) is 3.15. The van der Waals surface area contributed by atoms with Gasteiger partial charge in [0.05, 0.1) is 0 Å². The van der Waals surface area contributed by atoms with Crippen LogP contribution in [-0.4, -0.2) is 28.8 Å². The van der Waals surface area contributed by atoms with Gasteiger partial charge in [0.25, 0.3) is 5.60 Å². The SMILES string of the molecule is C=C/C=C(\C(C)=N)C(O)(C(F)(F)F)C(F)(F)F. The second kappa shape index (κ2) is 4.52. The highest BCUT2D eigenvalue weighted by molar-refractivity contribution is 5.98. The van der Waals surface area contributed by atoms with Crippen molar-refractivity contribution in [1.82, 2.24) is 0 Å². The smallest absolute Gasteiger partial charge is 0.369 e. The van der Waals surface area contributed by atoms with Crippen LogP contribution in [0.3, 0.4) is 0 Å². The Bertz CT molecular complexity index is 337. The number of halogens is 6. The van der Waals surface area contributed by atoms with Crippen LogP contribution in [-0.2, 0) is 0 Å². The van der Waals surface area contributed by atoms with Crippen molar-refractivity contribution in [3.05, 3.63) is 24.3 Å². The summed E-state index contributed by atoms with van der Waals surface area (Å²) in [6, 6.07) is 0. The highest BCUT2D eigenvalue weighted by atomic mass is 19.4. The van der Waals surface area contributed by atoms with E-state index >= 15 is 0 Å². The number of nitrogens with one attached hydrogen (secondary N) is 1. The maximum Gasteiger partial charge on any atom is 0.430 e. The van der Waals surface area contributed by atoms with Gasteiger partial charge in [0.1, 0.15) is 0 Å². The molecule has 0 aliphatic carbocycles. The third kappa shape index (κ3) is 2.68. The predicted molar refractivity (Wildman–Crippen MR) is 48.7 cm³/mol. The van der Waals surface area contributed by atoms with Crippen molar-refractivity contribution < 1.29 is 31.4 Å². The van der Waals surface area contributed by atoms with Gasteiger partial charge in [0.15, 0.2) is 0 Å². The Balaban J connectivity index is 6.06. The van der Waals surface area contributed by atoms with Gasteiger partial charge >= 0.3 is 12.4 Å². The first kappa shape index (κ1) is 15.7. The monoisotopic (exact) mass is 261 g/mol. The van der Waals surface area contributed by atoms with Gasteiger partial charge in [-0.15, -0.1) is 0 Å². The lowest BCUT2D eigenvalue weighted by atomic mass is 9.88. The molecule has 0 aromatic rings. The van der Waals surface area contributed by atoms with Crippen LogP contribution in [0, 0.1) is 5.41 Å². The Hall–Kier alpha value is -1.31. The maximum atomic E-state index is 12.4. The molecule has 0 spiro atoms. The number of hydrogen-bond acceptors (Lipinski definition) is 2. The van der Waals surface area contributed by atoms with E-state index in [1.54, 1.807) is 0 Å². The summed E-state index contributed by atoms with van der Waals surface area (Å²) in [6.07, 6.45) is -11.0. The second-order valence-electron chi connectivity index (χ2n) is 3.15. The molecule has 0 unspecified atom stereocenters. The van der Waals surface area contributed by atoms with Gasteiger partial charge in [-0.2, -0.15) is 26.3 Å². The van der Waals surface area contributed by atoms with Crippen molar-refractivity contribution in [3.8, 4) is 0 Å². The van der Waals surface area contributed by atoms with Crippen LogP contribution in [0.5, 0.6) is 0 Å². The Morgan fingerprint density at radius 1 is 1.12 bits per heavy atom. The van der Waals surface area contributed by atoms with E-state index in [4.69, 9.17) is 10.5 Å². The molecule has 0 heterocycles. The highest BCUT2D eigenvalue weighted by Crippen LogP contribution is 2.47. The lowest BCUT2D eigenvalue weighted by Gasteiger charge is -2.34. The van der Waals surface area contributed by atoms with Crippen LogP contribution in [0.2, 0.25) is 0 Å². The third-order valence-corrected chi connectivity index (χ3v) is 1.90. The lowest BCUT2D eigenvalue weighted by molar-refractivity contribution is -0.350. The molecule has 8 heteroatoms. The fraction of sp³-hybridized carbons (Fsp3) is 0.444. The number of rotatable bonds is 3. The molecule has 0 aliphatic heterocycles. The minimum absolute atomic E-state index is 0.309. The Morgan fingerprint density at radius 2 is 1.47 bits per heavy atom. The van der Waals surface area contributed by atoms with E-state index in [2.05, 4.69) is 6.58 Å². The van der Waals surface area contributed by atoms with Gasteiger partial charge in [-0.25, -0.2) is 0 Å². The van der Waals surface area contributed by atoms with Crippen LogP contribution < -0.4 is 0 Å². The first-order valence-corrected chi connectivity index (χ1v) is 4.14. The van der Waals surface area contributed by atoms with Gasteiger partial charge in [-0.3, -0.25) is 0 Å². The first-order chi connectivity index (χ1) is 7.39. The average molecular weight is 261 g/mol. The van der Waals surface area contributed by atoms with Crippen LogP contribution in [0.25, 0.3) is 0 Å². The van der Waals surface area contributed by atoms with Crippen molar-refractivity contribution in [2.45, 2.75) is 24.9 Å². The summed E-state index contributed by atoms with van der Waals surface area (Å²) in [7, 11) is 0. The van der Waals surface area contributed by atoms with Crippen LogP contribution >= 0.6 is 0 Å². The molecule has 0 fully saturated rings. The molecule has 0 rings (SSSR count). The van der Waals surface area contributed by atoms with Gasteiger partial charge in [-0.05, 0) is 6.92 Å². The molecular formula is C9H9F6NO. The van der Waals surface area contributed by atoms with Gasteiger partial charge in [-0.1, -0.05) is 18.7 Å². The predicted octanol–water partition coefficient (Wildman–Crippen LogP) is 2.99. The van der Waals surface area contributed by atoms with E-state index in [9.17, 15) is 26.3 Å². The Labute approximate surface area is 92.8 Å². The third-order valence-electron chi connectivity index (χ3n) is 1.90. The standard InChI is InChI=1S/C9H9F6NO/c1-3-4-6(5(2)16)7(17,8(10,11)12)9(13,14)15/h3-4,16-17H,1H2,2H3/b6-4+,16-5?. The van der Waals surface area contributed by atoms with E-state index in [1.807, 2.05) is 0 Å². The molecule has 17 heavy (non-hydrogen) atoms. The summed E-state index contributed by atoms with van der Waals surface area (Å²) >= 11 is 0. The summed E-state index contributed by atoms with van der Waals surface area (Å²) < 4.78 is 74.4. The molecular weight excluding hydrogens is 252 g/mol. The first-order valence-electron chi connectivity index (χ1n) is 4.14. The van der Waals surface area contributed by atoms with E-state index < -0.39 is 29.2 Å². The van der Waals surface area contributed by atoms with E-state index in [0.717, 1.165) is 0 Å². The van der Waals surface area contributed by atoms with Gasteiger partial charge < -0.3 is 10.5 Å². The molecule has 0 radical (unpaired) electrons. The largest absolute Gasteiger partial charge is 0.430 e. The Kier molecular flexibility index (Phi) is 4.17. The van der Waals surface area contributed by atoms with Crippen LogP contribution in [0.4, 0.5) is 26.3 Å². The number of allylic oxidation sites excluding steroid dienone is 2. The quantitative estimate of drug-likeness (QED) is 0.458. The zero-order valence-corrected chi connectivity index (χ0v) is 8.58. The van der Waals surface area contributed by atoms with Gasteiger partial charge in [0.2, 0.25) is 0 Å². The summed E-state index contributed by atoms with van der Waals surface area (Å²) in [5.74, 6) is 0. The molecule has 2 nitrogen and oxygen atoms in total. The van der Waals surface area contributed by atoms with Crippen LogP contribution in [0.15, 0.2) is 24.3 Å². The Morgan fingerprint density at radius 3 is 1.65 bits per heavy atom. The minimum atomic E-state index is -5.98. The molecule has 0 aromatic heterocycles. The van der Waals surface area contributed by atoms with E-state index in [-0.39, 0.29) is 0 Å². The summed E-state index contributed by atoms with van der Waals surface area (Å²) in [6.45, 7) is 3.65. The van der Waals surface area contributed by atoms with Gasteiger partial charge in [0, 0.05) is 11.3 Å². The molecule has 2 N–H and O–H groups in total. The zero-order valence-electron chi connectivity index (χ0n) is 8.58. The fourth-order valence-electron chi connectivity index (χ4n) is 1.10. The van der Waals surface area contributed by atoms with Crippen molar-refractivity contribution in [2.24, 2.45) is 0 Å². The molecule has 98 valence electrons. The summed E-state index contributed by atoms with van der Waals surface area (Å²) in [5, 5.41) is 15.8. The normalized spacial score (nSPS) is 14.7. The molecule has 0 aliphatic rings. The highest BCUT2D eigenvalue weighted by Gasteiger charge is 2.72. The van der Waals surface area contributed by atoms with Crippen molar-refractivity contribution in [2.75, 3.05) is 0 Å². The van der Waals surface area contributed by atoms with Crippen molar-refractivity contribution in [3.63, 3.8) is 0 Å². The fourth-order valence-corrected chi connectivity index (χ4v) is 1.10. The summed E-state index contributed by atoms with van der Waals surface area (Å²) in [4.78, 5) is 0. The van der Waals surface area contributed by atoms with Crippen LogP contribution in [0.1, 0.15) is 6.92 Å². The van der Waals surface area contributed by atoms with Crippen molar-refractivity contribution in [1.29, 1.82) is 5.41 Å². The molecule has 0 aromatic carbocycles. The average Bonchev–Trinajstić information content (AvgIpc) is 2.08. The zero-order chi connectivity index (χ0) is 14.1. The molecule has 0 atom stereocenters. The summed E-state index contributed by atoms with van der Waals surface area (Å²) in [5.41, 5.74) is -7.73. The number of hydrogen-bond donors (Lipinski definition) is 2. The van der Waals surface area contributed by atoms with E-state index in [0.29, 0.717) is 19.1 Å². The van der Waals surface area contributed by atoms with E-state index in [1.165, 1.54) is 0 Å². The number of aliphatic hydroxyl groups is 1. The topological polar surface area (TPSA) is 44.1 Å². The lowest BCUT2D eigenvalue weighted by Crippen LogP contribution is -2.59. The minimum Gasteiger partial charge on any atom is -0.369 e. The molecule has 0 saturated heterocycles. The molecule has 0 amide bonds. The van der Waals surface area contributed by atoms with Crippen molar-refractivity contribution >= 4 is 5.71 Å². The molecule has 0 bridgehead atoms. The number of alkyl halides is 6. The molecule has 0 saturated carbocycles.